The Morgan fingerprint density at radius 2 is 2.06 bits per heavy atom. The normalized spacial score (nSPS) is 10.9. The highest BCUT2D eigenvalue weighted by Crippen LogP contribution is 2.24. The van der Waals surface area contributed by atoms with Crippen LogP contribution >= 0.6 is 0 Å². The van der Waals surface area contributed by atoms with Gasteiger partial charge in [0.05, 0.1) is 12.6 Å². The van der Waals surface area contributed by atoms with E-state index in [1.807, 2.05) is 19.9 Å². The molecule has 0 saturated carbocycles. The van der Waals surface area contributed by atoms with Crippen LogP contribution in [0.25, 0.3) is 0 Å². The molecule has 0 aromatic carbocycles. The quantitative estimate of drug-likeness (QED) is 0.510. The molecule has 5 heteroatoms. The lowest BCUT2D eigenvalue weighted by atomic mass is 9.83. The van der Waals surface area contributed by atoms with Crippen LogP contribution in [0.5, 0.6) is 0 Å². The van der Waals surface area contributed by atoms with Crippen molar-refractivity contribution < 1.29 is 9.90 Å². The average Bonchev–Trinajstić information content (AvgIpc) is 2.33. The van der Waals surface area contributed by atoms with E-state index in [0.29, 0.717) is 6.54 Å². The molecule has 1 amide bonds. The predicted molar refractivity (Wildman–Crippen MR) is 61.6 cm³/mol. The summed E-state index contributed by atoms with van der Waals surface area (Å²) in [5.41, 5.74) is -0.143. The van der Waals surface area contributed by atoms with Gasteiger partial charge in [0.1, 0.15) is 6.54 Å². The second-order valence-electron chi connectivity index (χ2n) is 3.90. The fraction of sp³-hybridized carbons (Fsp3) is 0.818. The molecule has 0 aromatic rings. The van der Waals surface area contributed by atoms with Gasteiger partial charge >= 0.3 is 0 Å². The molecule has 16 heavy (non-hydrogen) atoms. The van der Waals surface area contributed by atoms with Gasteiger partial charge in [0.25, 0.3) is 0 Å². The van der Waals surface area contributed by atoms with Gasteiger partial charge in [0, 0.05) is 18.6 Å². The molecule has 0 rings (SSSR count). The average molecular weight is 227 g/mol. The van der Waals surface area contributed by atoms with Crippen LogP contribution in [0.2, 0.25) is 0 Å². The predicted octanol–water partition coefficient (Wildman–Crippen LogP) is 0.0145. The summed E-state index contributed by atoms with van der Waals surface area (Å²) in [6, 6.07) is 1.84. The number of nitriles is 1. The number of nitrogens with one attached hydrogen (secondary N) is 2. The van der Waals surface area contributed by atoms with E-state index in [4.69, 9.17) is 5.26 Å². The Balaban J connectivity index is 3.87. The van der Waals surface area contributed by atoms with Crippen molar-refractivity contribution in [3.8, 4) is 6.07 Å². The third-order valence-electron chi connectivity index (χ3n) is 2.99. The highest BCUT2D eigenvalue weighted by atomic mass is 16.3. The summed E-state index contributed by atoms with van der Waals surface area (Å²) >= 11 is 0. The maximum Gasteiger partial charge on any atom is 0.234 e. The Kier molecular flexibility index (Phi) is 7.52. The summed E-state index contributed by atoms with van der Waals surface area (Å²) in [5, 5.41) is 23.0. The molecule has 0 heterocycles. The van der Waals surface area contributed by atoms with E-state index >= 15 is 0 Å². The molecule has 0 spiro atoms. The fourth-order valence-corrected chi connectivity index (χ4v) is 1.42. The van der Waals surface area contributed by atoms with Gasteiger partial charge in [-0.2, -0.15) is 5.26 Å². The smallest absolute Gasteiger partial charge is 0.234 e. The SMILES string of the molecule is CCC(CC)(CO)CNCC(=O)NCC#N. The van der Waals surface area contributed by atoms with Crippen LogP contribution in [0, 0.1) is 16.7 Å². The van der Waals surface area contributed by atoms with Crippen LogP contribution in [0.4, 0.5) is 0 Å². The van der Waals surface area contributed by atoms with Crippen LogP contribution in [-0.2, 0) is 4.79 Å². The van der Waals surface area contributed by atoms with Crippen LogP contribution in [0.15, 0.2) is 0 Å². The number of hydrogen-bond donors (Lipinski definition) is 3. The van der Waals surface area contributed by atoms with Crippen LogP contribution in [-0.4, -0.2) is 37.3 Å². The molecule has 0 bridgehead atoms. The molecule has 0 aliphatic heterocycles. The van der Waals surface area contributed by atoms with Gasteiger partial charge in [-0.15, -0.1) is 0 Å². The number of carbonyl (C=O) groups excluding carboxylic acids is 1. The van der Waals surface area contributed by atoms with E-state index in [9.17, 15) is 9.90 Å². The standard InChI is InChI=1S/C11H21N3O2/c1-3-11(4-2,9-15)8-13-7-10(16)14-6-5-12/h13,15H,3-4,6-9H2,1-2H3,(H,14,16). The number of aliphatic hydroxyl groups excluding tert-OH is 1. The molecule has 0 aliphatic carbocycles. The molecular formula is C11H21N3O2. The molecular weight excluding hydrogens is 206 g/mol. The van der Waals surface area contributed by atoms with Gasteiger partial charge in [-0.1, -0.05) is 13.8 Å². The number of amides is 1. The zero-order chi connectivity index (χ0) is 12.4. The molecule has 0 aliphatic rings. The van der Waals surface area contributed by atoms with Gasteiger partial charge in [-0.25, -0.2) is 0 Å². The van der Waals surface area contributed by atoms with Crippen LogP contribution in [0.1, 0.15) is 26.7 Å². The second-order valence-corrected chi connectivity index (χ2v) is 3.90. The number of aliphatic hydroxyl groups is 1. The molecule has 0 radical (unpaired) electrons. The van der Waals surface area contributed by atoms with Gasteiger partial charge in [0.2, 0.25) is 5.91 Å². The van der Waals surface area contributed by atoms with E-state index < -0.39 is 0 Å². The monoisotopic (exact) mass is 227 g/mol. The summed E-state index contributed by atoms with van der Waals surface area (Å²) in [6.45, 7) is 4.99. The largest absolute Gasteiger partial charge is 0.396 e. The van der Waals surface area contributed by atoms with Gasteiger partial charge in [-0.3, -0.25) is 4.79 Å². The van der Waals surface area contributed by atoms with Crippen molar-refractivity contribution in [2.45, 2.75) is 26.7 Å². The fourth-order valence-electron chi connectivity index (χ4n) is 1.42. The zero-order valence-corrected chi connectivity index (χ0v) is 10.0. The highest BCUT2D eigenvalue weighted by molar-refractivity contribution is 5.78. The summed E-state index contributed by atoms with van der Waals surface area (Å²) in [4.78, 5) is 11.2. The first kappa shape index (κ1) is 14.9. The Hall–Kier alpha value is -1.12. The van der Waals surface area contributed by atoms with E-state index in [2.05, 4.69) is 10.6 Å². The number of carbonyl (C=O) groups is 1. The third kappa shape index (κ3) is 5.10. The zero-order valence-electron chi connectivity index (χ0n) is 10.0. The summed E-state index contributed by atoms with van der Waals surface area (Å²) < 4.78 is 0. The molecule has 5 nitrogen and oxygen atoms in total. The minimum absolute atomic E-state index is 0.0349. The van der Waals surface area contributed by atoms with E-state index in [1.165, 1.54) is 0 Å². The molecule has 0 fully saturated rings. The second kappa shape index (κ2) is 8.08. The summed E-state index contributed by atoms with van der Waals surface area (Å²) in [7, 11) is 0. The molecule has 0 saturated heterocycles. The van der Waals surface area contributed by atoms with Crippen molar-refractivity contribution in [2.24, 2.45) is 5.41 Å². The van der Waals surface area contributed by atoms with E-state index in [0.717, 1.165) is 12.8 Å². The molecule has 0 unspecified atom stereocenters. The first-order valence-corrected chi connectivity index (χ1v) is 5.59. The van der Waals surface area contributed by atoms with Crippen LogP contribution < -0.4 is 10.6 Å². The van der Waals surface area contributed by atoms with E-state index in [1.54, 1.807) is 0 Å². The van der Waals surface area contributed by atoms with Crippen LogP contribution in [0.3, 0.4) is 0 Å². The number of nitrogens with zero attached hydrogens (tertiary/aromatic N) is 1. The van der Waals surface area contributed by atoms with Gasteiger partial charge in [0.15, 0.2) is 0 Å². The third-order valence-corrected chi connectivity index (χ3v) is 2.99. The first-order chi connectivity index (χ1) is 7.64. The Morgan fingerprint density at radius 3 is 2.50 bits per heavy atom. The molecule has 92 valence electrons. The van der Waals surface area contributed by atoms with Crippen molar-refractivity contribution in [3.05, 3.63) is 0 Å². The molecule has 3 N–H and O–H groups in total. The lowest BCUT2D eigenvalue weighted by Gasteiger charge is -2.29. The highest BCUT2D eigenvalue weighted by Gasteiger charge is 2.24. The van der Waals surface area contributed by atoms with E-state index in [-0.39, 0.29) is 31.0 Å². The lowest BCUT2D eigenvalue weighted by molar-refractivity contribution is -0.120. The summed E-state index contributed by atoms with van der Waals surface area (Å²) in [5.74, 6) is -0.194. The first-order valence-electron chi connectivity index (χ1n) is 5.59. The minimum atomic E-state index is -0.194. The van der Waals surface area contributed by atoms with Crippen molar-refractivity contribution >= 4 is 5.91 Å². The van der Waals surface area contributed by atoms with Crippen molar-refractivity contribution in [2.75, 3.05) is 26.2 Å². The van der Waals surface area contributed by atoms with Gasteiger partial charge < -0.3 is 15.7 Å². The van der Waals surface area contributed by atoms with Crippen molar-refractivity contribution in [3.63, 3.8) is 0 Å². The maximum atomic E-state index is 11.2. The van der Waals surface area contributed by atoms with Crippen molar-refractivity contribution in [1.82, 2.24) is 10.6 Å². The Bertz CT molecular complexity index is 236. The Morgan fingerprint density at radius 1 is 1.44 bits per heavy atom. The Labute approximate surface area is 96.8 Å². The minimum Gasteiger partial charge on any atom is -0.396 e. The molecule has 0 atom stereocenters. The van der Waals surface area contributed by atoms with Gasteiger partial charge in [-0.05, 0) is 12.8 Å². The maximum absolute atomic E-state index is 11.2. The van der Waals surface area contributed by atoms with Crippen molar-refractivity contribution in [1.29, 1.82) is 5.26 Å². The lowest BCUT2D eigenvalue weighted by Crippen LogP contribution is -2.41. The molecule has 0 aromatic heterocycles. The number of hydrogen-bond acceptors (Lipinski definition) is 4. The topological polar surface area (TPSA) is 85.2 Å². The summed E-state index contributed by atoms with van der Waals surface area (Å²) in [6.07, 6.45) is 1.74. The number of rotatable bonds is 8.